The molecular weight excluding hydrogens is 424 g/mol. The quantitative estimate of drug-likeness (QED) is 0.772. The second-order valence-corrected chi connectivity index (χ2v) is 7.66. The Kier molecular flexibility index (Phi) is 5.03. The molecular formula is C13H12Br2N2O3S. The Morgan fingerprint density at radius 1 is 1.29 bits per heavy atom. The average molecular weight is 436 g/mol. The zero-order valence-corrected chi connectivity index (χ0v) is 15.0. The van der Waals surface area contributed by atoms with Crippen LogP contribution in [0.2, 0.25) is 0 Å². The molecule has 0 saturated heterocycles. The summed E-state index contributed by atoms with van der Waals surface area (Å²) in [5.41, 5.74) is 1.07. The molecule has 2 N–H and O–H groups in total. The van der Waals surface area contributed by atoms with Crippen LogP contribution in [0.5, 0.6) is 0 Å². The van der Waals surface area contributed by atoms with Crippen molar-refractivity contribution in [2.24, 2.45) is 0 Å². The molecule has 2 aromatic rings. The Bertz CT molecular complexity index is 779. The number of halogens is 2. The largest absolute Gasteiger partial charge is 0.392 e. The van der Waals surface area contributed by atoms with E-state index in [0.717, 1.165) is 0 Å². The van der Waals surface area contributed by atoms with Gasteiger partial charge < -0.3 is 5.11 Å². The summed E-state index contributed by atoms with van der Waals surface area (Å²) in [6.45, 7) is 1.45. The Balaban J connectivity index is 2.50. The fourth-order valence-electron chi connectivity index (χ4n) is 1.72. The molecule has 21 heavy (non-hydrogen) atoms. The first-order valence-corrected chi connectivity index (χ1v) is 8.95. The lowest BCUT2D eigenvalue weighted by Gasteiger charge is -2.13. The van der Waals surface area contributed by atoms with E-state index in [0.29, 0.717) is 20.1 Å². The molecule has 2 rings (SSSR count). The second-order valence-electron chi connectivity index (χ2n) is 4.30. The molecule has 0 atom stereocenters. The van der Waals surface area contributed by atoms with Gasteiger partial charge in [-0.2, -0.15) is 0 Å². The number of nitrogens with zero attached hydrogens (tertiary/aromatic N) is 1. The van der Waals surface area contributed by atoms with Gasteiger partial charge >= 0.3 is 0 Å². The van der Waals surface area contributed by atoms with Crippen molar-refractivity contribution in [3.8, 4) is 0 Å². The number of aliphatic hydroxyl groups excluding tert-OH is 1. The van der Waals surface area contributed by atoms with E-state index in [1.807, 2.05) is 0 Å². The number of nitrogens with one attached hydrogen (secondary N) is 1. The molecule has 0 amide bonds. The first-order chi connectivity index (χ1) is 9.85. The molecule has 0 spiro atoms. The van der Waals surface area contributed by atoms with Crippen LogP contribution >= 0.6 is 31.9 Å². The molecule has 0 aliphatic heterocycles. The predicted octanol–water partition coefficient (Wildman–Crippen LogP) is 3.21. The molecule has 0 fully saturated rings. The summed E-state index contributed by atoms with van der Waals surface area (Å²) < 4.78 is 28.6. The third-order valence-corrected chi connectivity index (χ3v) is 5.75. The van der Waals surface area contributed by atoms with Gasteiger partial charge in [-0.15, -0.1) is 0 Å². The minimum absolute atomic E-state index is 0.0958. The number of aromatic nitrogens is 1. The van der Waals surface area contributed by atoms with E-state index in [1.54, 1.807) is 25.1 Å². The molecule has 1 aromatic heterocycles. The van der Waals surface area contributed by atoms with Crippen LogP contribution in [0.1, 0.15) is 11.1 Å². The van der Waals surface area contributed by atoms with E-state index < -0.39 is 10.0 Å². The SMILES string of the molecule is Cc1c(Br)cc(CO)cc1S(=O)(=O)Nc1ncccc1Br. The molecule has 1 aromatic carbocycles. The van der Waals surface area contributed by atoms with Crippen molar-refractivity contribution in [3.05, 3.63) is 50.5 Å². The van der Waals surface area contributed by atoms with Gasteiger partial charge in [0.15, 0.2) is 5.82 Å². The molecule has 0 aliphatic carbocycles. The number of hydrogen-bond acceptors (Lipinski definition) is 4. The summed E-state index contributed by atoms with van der Waals surface area (Å²) in [4.78, 5) is 4.08. The number of pyridine rings is 1. The maximum absolute atomic E-state index is 12.5. The van der Waals surface area contributed by atoms with Crippen molar-refractivity contribution in [3.63, 3.8) is 0 Å². The Morgan fingerprint density at radius 3 is 2.62 bits per heavy atom. The Labute approximate surface area is 139 Å². The van der Waals surface area contributed by atoms with Gasteiger partial charge in [0.25, 0.3) is 10.0 Å². The van der Waals surface area contributed by atoms with Crippen molar-refractivity contribution in [2.45, 2.75) is 18.4 Å². The molecule has 0 unspecified atom stereocenters. The molecule has 0 aliphatic rings. The Morgan fingerprint density at radius 2 is 2.00 bits per heavy atom. The van der Waals surface area contributed by atoms with Crippen molar-refractivity contribution in [2.75, 3.05) is 4.72 Å². The second kappa shape index (κ2) is 6.43. The van der Waals surface area contributed by atoms with E-state index in [1.165, 1.54) is 12.3 Å². The molecule has 1 heterocycles. The van der Waals surface area contributed by atoms with Crippen LogP contribution in [0.25, 0.3) is 0 Å². The highest BCUT2D eigenvalue weighted by atomic mass is 79.9. The van der Waals surface area contributed by atoms with E-state index in [4.69, 9.17) is 0 Å². The maximum atomic E-state index is 12.5. The summed E-state index contributed by atoms with van der Waals surface area (Å²) in [5, 5.41) is 9.22. The lowest BCUT2D eigenvalue weighted by molar-refractivity contribution is 0.281. The van der Waals surface area contributed by atoms with Gasteiger partial charge in [-0.05, 0) is 58.2 Å². The van der Waals surface area contributed by atoms with Crippen LogP contribution in [0.3, 0.4) is 0 Å². The van der Waals surface area contributed by atoms with E-state index in [9.17, 15) is 13.5 Å². The van der Waals surface area contributed by atoms with Crippen molar-refractivity contribution in [1.29, 1.82) is 0 Å². The zero-order chi connectivity index (χ0) is 15.6. The lowest BCUT2D eigenvalue weighted by atomic mass is 10.2. The first-order valence-electron chi connectivity index (χ1n) is 5.88. The normalized spacial score (nSPS) is 11.4. The van der Waals surface area contributed by atoms with Gasteiger partial charge in [0.1, 0.15) is 0 Å². The third-order valence-electron chi connectivity index (χ3n) is 2.82. The highest BCUT2D eigenvalue weighted by Gasteiger charge is 2.21. The van der Waals surface area contributed by atoms with Gasteiger partial charge in [-0.3, -0.25) is 4.72 Å². The number of sulfonamides is 1. The Hall–Kier alpha value is -0.960. The van der Waals surface area contributed by atoms with Gasteiger partial charge in [-0.1, -0.05) is 15.9 Å². The molecule has 8 heteroatoms. The molecule has 0 saturated carbocycles. The standard InChI is InChI=1S/C13H12Br2N2O3S/c1-8-11(15)5-9(7-18)6-12(8)21(19,20)17-13-10(14)3-2-4-16-13/h2-6,18H,7H2,1H3,(H,16,17). The van der Waals surface area contributed by atoms with Crippen molar-refractivity contribution < 1.29 is 13.5 Å². The van der Waals surface area contributed by atoms with Gasteiger partial charge in [0, 0.05) is 10.7 Å². The van der Waals surface area contributed by atoms with Gasteiger partial charge in [0.05, 0.1) is 16.0 Å². The van der Waals surface area contributed by atoms with Gasteiger partial charge in [-0.25, -0.2) is 13.4 Å². The van der Waals surface area contributed by atoms with Crippen LogP contribution in [0, 0.1) is 6.92 Å². The van der Waals surface area contributed by atoms with Crippen LogP contribution in [-0.4, -0.2) is 18.5 Å². The molecule has 0 radical (unpaired) electrons. The number of benzene rings is 1. The van der Waals surface area contributed by atoms with Crippen LogP contribution in [-0.2, 0) is 16.6 Å². The maximum Gasteiger partial charge on any atom is 0.263 e. The minimum Gasteiger partial charge on any atom is -0.392 e. The summed E-state index contributed by atoms with van der Waals surface area (Å²) >= 11 is 6.55. The van der Waals surface area contributed by atoms with E-state index in [2.05, 4.69) is 41.6 Å². The van der Waals surface area contributed by atoms with Crippen LogP contribution in [0.15, 0.2) is 44.3 Å². The number of anilines is 1. The first kappa shape index (κ1) is 16.4. The number of hydrogen-bond donors (Lipinski definition) is 2. The molecule has 0 bridgehead atoms. The monoisotopic (exact) mass is 434 g/mol. The summed E-state index contributed by atoms with van der Waals surface area (Å²) in [7, 11) is -3.81. The number of rotatable bonds is 4. The number of aliphatic hydroxyl groups is 1. The van der Waals surface area contributed by atoms with Crippen molar-refractivity contribution in [1.82, 2.24) is 4.98 Å². The summed E-state index contributed by atoms with van der Waals surface area (Å²) in [6.07, 6.45) is 1.50. The van der Waals surface area contributed by atoms with Crippen molar-refractivity contribution >= 4 is 47.7 Å². The molecule has 5 nitrogen and oxygen atoms in total. The van der Waals surface area contributed by atoms with E-state index >= 15 is 0 Å². The fourth-order valence-corrected chi connectivity index (χ4v) is 4.19. The third kappa shape index (κ3) is 3.63. The predicted molar refractivity (Wildman–Crippen MR) is 87.5 cm³/mol. The topological polar surface area (TPSA) is 79.3 Å². The minimum atomic E-state index is -3.81. The summed E-state index contributed by atoms with van der Waals surface area (Å²) in [5.74, 6) is 0.211. The zero-order valence-electron chi connectivity index (χ0n) is 11.0. The lowest BCUT2D eigenvalue weighted by Crippen LogP contribution is -2.16. The van der Waals surface area contributed by atoms with E-state index in [-0.39, 0.29) is 17.3 Å². The van der Waals surface area contributed by atoms with Crippen LogP contribution < -0.4 is 4.72 Å². The molecule has 112 valence electrons. The fraction of sp³-hybridized carbons (Fsp3) is 0.154. The average Bonchev–Trinajstić information content (AvgIpc) is 2.43. The highest BCUT2D eigenvalue weighted by molar-refractivity contribution is 9.11. The van der Waals surface area contributed by atoms with Crippen LogP contribution in [0.4, 0.5) is 5.82 Å². The summed E-state index contributed by atoms with van der Waals surface area (Å²) in [6, 6.07) is 6.51. The van der Waals surface area contributed by atoms with Gasteiger partial charge in [0.2, 0.25) is 0 Å². The smallest absolute Gasteiger partial charge is 0.263 e. The highest BCUT2D eigenvalue weighted by Crippen LogP contribution is 2.28.